The van der Waals surface area contributed by atoms with Crippen molar-refractivity contribution in [1.29, 1.82) is 0 Å². The summed E-state index contributed by atoms with van der Waals surface area (Å²) in [6.45, 7) is 1.47. The van der Waals surface area contributed by atoms with Crippen LogP contribution in [0.3, 0.4) is 0 Å². The SMILES string of the molecule is Cc1cc(C2=NOC(c3cc(Cl)cc(Cl)c3)(C(F)(F)F)C2=NO)ccc1C(=O)O. The first-order valence-corrected chi connectivity index (χ1v) is 8.63. The quantitative estimate of drug-likeness (QED) is 0.511. The van der Waals surface area contributed by atoms with Crippen LogP contribution >= 0.6 is 23.2 Å². The van der Waals surface area contributed by atoms with Crippen molar-refractivity contribution >= 4 is 40.6 Å². The van der Waals surface area contributed by atoms with E-state index in [0.717, 1.165) is 12.1 Å². The topological polar surface area (TPSA) is 91.5 Å². The number of aromatic carboxylic acids is 1. The summed E-state index contributed by atoms with van der Waals surface area (Å²) < 4.78 is 42.6. The molecule has 0 bridgehead atoms. The van der Waals surface area contributed by atoms with Crippen LogP contribution in [0.2, 0.25) is 10.0 Å². The van der Waals surface area contributed by atoms with E-state index in [2.05, 4.69) is 10.3 Å². The fourth-order valence-corrected chi connectivity index (χ4v) is 3.55. The fourth-order valence-electron chi connectivity index (χ4n) is 3.02. The Morgan fingerprint density at radius 1 is 1.17 bits per heavy atom. The molecule has 0 fully saturated rings. The molecule has 0 aromatic heterocycles. The fraction of sp³-hybridized carbons (Fsp3) is 0.167. The number of hydrogen-bond donors (Lipinski definition) is 2. The summed E-state index contributed by atoms with van der Waals surface area (Å²) in [5.41, 5.74) is -4.85. The third kappa shape index (κ3) is 3.40. The lowest BCUT2D eigenvalue weighted by Crippen LogP contribution is -2.50. The van der Waals surface area contributed by atoms with Gasteiger partial charge in [0.05, 0.1) is 5.56 Å². The van der Waals surface area contributed by atoms with Gasteiger partial charge in [-0.15, -0.1) is 0 Å². The molecule has 1 atom stereocenters. The number of carboxylic acids is 1. The van der Waals surface area contributed by atoms with Gasteiger partial charge in [-0.1, -0.05) is 39.6 Å². The minimum absolute atomic E-state index is 0.0422. The first-order valence-electron chi connectivity index (χ1n) is 7.88. The maximum atomic E-state index is 14.2. The van der Waals surface area contributed by atoms with Gasteiger partial charge in [0.2, 0.25) is 0 Å². The van der Waals surface area contributed by atoms with Crippen LogP contribution in [0.5, 0.6) is 0 Å². The van der Waals surface area contributed by atoms with Crippen molar-refractivity contribution in [3.8, 4) is 0 Å². The van der Waals surface area contributed by atoms with E-state index in [0.29, 0.717) is 0 Å². The average molecular weight is 447 g/mol. The minimum atomic E-state index is -5.11. The highest BCUT2D eigenvalue weighted by atomic mass is 35.5. The number of aryl methyl sites for hydroxylation is 1. The molecule has 3 rings (SSSR count). The Morgan fingerprint density at radius 2 is 1.79 bits per heavy atom. The Balaban J connectivity index is 2.19. The lowest BCUT2D eigenvalue weighted by molar-refractivity contribution is -0.250. The monoisotopic (exact) mass is 446 g/mol. The number of benzene rings is 2. The molecule has 0 aliphatic carbocycles. The molecule has 1 unspecified atom stereocenters. The van der Waals surface area contributed by atoms with Crippen molar-refractivity contribution in [3.63, 3.8) is 0 Å². The number of halogens is 5. The van der Waals surface area contributed by atoms with Gasteiger partial charge in [0.1, 0.15) is 5.71 Å². The van der Waals surface area contributed by atoms with Crippen LogP contribution in [0.15, 0.2) is 46.7 Å². The van der Waals surface area contributed by atoms with Gasteiger partial charge in [0.25, 0.3) is 0 Å². The van der Waals surface area contributed by atoms with E-state index in [4.69, 9.17) is 33.1 Å². The number of carboxylic acid groups (broad SMARTS) is 1. The maximum absolute atomic E-state index is 14.2. The molecule has 0 radical (unpaired) electrons. The van der Waals surface area contributed by atoms with Crippen LogP contribution in [0.25, 0.3) is 0 Å². The lowest BCUT2D eigenvalue weighted by atomic mass is 9.84. The highest BCUT2D eigenvalue weighted by molar-refractivity contribution is 6.51. The van der Waals surface area contributed by atoms with Crippen molar-refractivity contribution in [3.05, 3.63) is 68.7 Å². The summed E-state index contributed by atoms with van der Waals surface area (Å²) in [5.74, 6) is -1.20. The number of alkyl halides is 3. The van der Waals surface area contributed by atoms with E-state index in [1.807, 2.05) is 0 Å². The normalized spacial score (nSPS) is 20.5. The molecule has 0 saturated heterocycles. The molecule has 2 N–H and O–H groups in total. The van der Waals surface area contributed by atoms with E-state index in [9.17, 15) is 23.2 Å². The van der Waals surface area contributed by atoms with E-state index < -0.39 is 34.7 Å². The highest BCUT2D eigenvalue weighted by Gasteiger charge is 2.67. The molecular formula is C18H11Cl2F3N2O4. The first kappa shape index (κ1) is 20.9. The lowest BCUT2D eigenvalue weighted by Gasteiger charge is -2.29. The molecule has 11 heteroatoms. The number of carbonyl (C=O) groups is 1. The third-order valence-electron chi connectivity index (χ3n) is 4.33. The molecule has 1 aliphatic rings. The number of oxime groups is 2. The van der Waals surface area contributed by atoms with Crippen LogP contribution in [0, 0.1) is 6.92 Å². The summed E-state index contributed by atoms with van der Waals surface area (Å²) >= 11 is 11.7. The molecule has 1 aliphatic heterocycles. The van der Waals surface area contributed by atoms with Gasteiger partial charge in [-0.05, 0) is 42.8 Å². The summed E-state index contributed by atoms with van der Waals surface area (Å²) in [6, 6.07) is 6.92. The van der Waals surface area contributed by atoms with Crippen LogP contribution in [-0.4, -0.2) is 33.9 Å². The molecule has 2 aromatic carbocycles. The molecule has 0 amide bonds. The van der Waals surface area contributed by atoms with Crippen molar-refractivity contribution in [2.45, 2.75) is 18.7 Å². The molecule has 1 heterocycles. The number of rotatable bonds is 3. The van der Waals surface area contributed by atoms with Gasteiger partial charge in [-0.3, -0.25) is 0 Å². The van der Waals surface area contributed by atoms with Gasteiger partial charge in [0.15, 0.2) is 5.71 Å². The molecule has 2 aromatic rings. The molecule has 29 heavy (non-hydrogen) atoms. The van der Waals surface area contributed by atoms with Crippen LogP contribution in [-0.2, 0) is 10.4 Å². The standard InChI is InChI=1S/C18H11Cl2F3N2O4/c1-8-4-9(2-3-13(8)16(26)27)14-15(24-28)17(29-25-14,18(21,22)23)10-5-11(19)7-12(20)6-10/h2-7,28H,1H3,(H,26,27). The van der Waals surface area contributed by atoms with Crippen molar-refractivity contribution in [2.24, 2.45) is 10.3 Å². The second-order valence-electron chi connectivity index (χ2n) is 6.15. The summed E-state index contributed by atoms with van der Waals surface area (Å²) in [5, 5.41) is 24.7. The minimum Gasteiger partial charge on any atom is -0.478 e. The van der Waals surface area contributed by atoms with Gasteiger partial charge >= 0.3 is 17.7 Å². The Bertz CT molecular complexity index is 1050. The van der Waals surface area contributed by atoms with E-state index >= 15 is 0 Å². The van der Waals surface area contributed by atoms with E-state index in [1.54, 1.807) is 0 Å². The predicted octanol–water partition coefficient (Wildman–Crippen LogP) is 5.02. The van der Waals surface area contributed by atoms with Crippen LogP contribution in [0.1, 0.15) is 27.0 Å². The van der Waals surface area contributed by atoms with Gasteiger partial charge in [-0.25, -0.2) is 4.79 Å². The summed E-state index contributed by atoms with van der Waals surface area (Å²) in [4.78, 5) is 16.0. The smallest absolute Gasteiger partial charge is 0.441 e. The van der Waals surface area contributed by atoms with Gasteiger partial charge in [0, 0.05) is 21.2 Å². The van der Waals surface area contributed by atoms with Crippen LogP contribution in [0.4, 0.5) is 13.2 Å². The highest BCUT2D eigenvalue weighted by Crippen LogP contribution is 2.48. The summed E-state index contributed by atoms with van der Waals surface area (Å²) in [6.07, 6.45) is -5.11. The van der Waals surface area contributed by atoms with Gasteiger partial charge in [-0.2, -0.15) is 13.2 Å². The zero-order chi connectivity index (χ0) is 21.6. The van der Waals surface area contributed by atoms with E-state index in [1.165, 1.54) is 31.2 Å². The third-order valence-corrected chi connectivity index (χ3v) is 4.77. The first-order chi connectivity index (χ1) is 13.5. The predicted molar refractivity (Wildman–Crippen MR) is 99.2 cm³/mol. The van der Waals surface area contributed by atoms with Crippen molar-refractivity contribution in [1.82, 2.24) is 0 Å². The Labute approximate surface area is 171 Å². The molecular weight excluding hydrogens is 436 g/mol. The van der Waals surface area contributed by atoms with E-state index in [-0.39, 0.29) is 26.7 Å². The largest absolute Gasteiger partial charge is 0.478 e. The second kappa shape index (κ2) is 7.23. The molecule has 6 nitrogen and oxygen atoms in total. The number of hydrogen-bond acceptors (Lipinski definition) is 5. The maximum Gasteiger partial charge on any atom is 0.441 e. The zero-order valence-corrected chi connectivity index (χ0v) is 16.0. The number of nitrogens with zero attached hydrogens (tertiary/aromatic N) is 2. The van der Waals surface area contributed by atoms with Crippen molar-refractivity contribution in [2.75, 3.05) is 0 Å². The molecule has 0 spiro atoms. The molecule has 0 saturated carbocycles. The van der Waals surface area contributed by atoms with Crippen LogP contribution < -0.4 is 0 Å². The van der Waals surface area contributed by atoms with Gasteiger partial charge < -0.3 is 15.2 Å². The Kier molecular flexibility index (Phi) is 5.22. The zero-order valence-electron chi connectivity index (χ0n) is 14.5. The average Bonchev–Trinajstić information content (AvgIpc) is 3.00. The summed E-state index contributed by atoms with van der Waals surface area (Å²) in [7, 11) is 0. The Hall–Kier alpha value is -2.78. The molecule has 152 valence electrons. The second-order valence-corrected chi connectivity index (χ2v) is 7.02. The van der Waals surface area contributed by atoms with Crippen molar-refractivity contribution < 1.29 is 33.1 Å². The Morgan fingerprint density at radius 3 is 2.28 bits per heavy atom.